The summed E-state index contributed by atoms with van der Waals surface area (Å²) in [6.07, 6.45) is 4.42. The first kappa shape index (κ1) is 25.7. The number of rotatable bonds is 7. The maximum Gasteiger partial charge on any atom is 0.282 e. The summed E-state index contributed by atoms with van der Waals surface area (Å²) in [5.41, 5.74) is 4.95. The predicted molar refractivity (Wildman–Crippen MR) is 146 cm³/mol. The molecule has 3 aromatic heterocycles. The summed E-state index contributed by atoms with van der Waals surface area (Å²) in [6.45, 7) is 6.61. The van der Waals surface area contributed by atoms with Crippen molar-refractivity contribution in [1.29, 1.82) is 0 Å². The van der Waals surface area contributed by atoms with Crippen LogP contribution in [0.15, 0.2) is 42.6 Å². The number of aromatic nitrogens is 5. The number of nitrogens with zero attached hydrogens (tertiary/aromatic N) is 7. The van der Waals surface area contributed by atoms with Crippen LogP contribution in [0, 0.1) is 6.92 Å². The summed E-state index contributed by atoms with van der Waals surface area (Å²) in [4.78, 5) is 22.4. The van der Waals surface area contributed by atoms with Crippen molar-refractivity contribution in [1.82, 2.24) is 38.1 Å². The van der Waals surface area contributed by atoms with Gasteiger partial charge in [-0.05, 0) is 43.4 Å². The van der Waals surface area contributed by atoms with Crippen molar-refractivity contribution in [3.8, 4) is 11.4 Å². The number of carbonyl (C=O) groups excluding carboxylic acids is 1. The lowest BCUT2D eigenvalue weighted by Crippen LogP contribution is -2.46. The fourth-order valence-electron chi connectivity index (χ4n) is 5.24. The largest absolute Gasteiger partial charge is 0.347 e. The first-order valence-corrected chi connectivity index (χ1v) is 14.8. The summed E-state index contributed by atoms with van der Waals surface area (Å²) in [7, 11) is -3.47. The van der Waals surface area contributed by atoms with Crippen LogP contribution in [-0.4, -0.2) is 66.7 Å². The van der Waals surface area contributed by atoms with Crippen molar-refractivity contribution < 1.29 is 13.2 Å². The minimum Gasteiger partial charge on any atom is -0.347 e. The van der Waals surface area contributed by atoms with Crippen LogP contribution >= 0.6 is 0 Å². The number of imidazole rings is 1. The Morgan fingerprint density at radius 2 is 1.74 bits per heavy atom. The van der Waals surface area contributed by atoms with E-state index in [1.54, 1.807) is 8.99 Å². The molecule has 1 saturated heterocycles. The average Bonchev–Trinajstić information content (AvgIpc) is 3.70. The minimum absolute atomic E-state index is 0.161. The number of nitrogens with one attached hydrogen (secondary N) is 1. The van der Waals surface area contributed by atoms with E-state index < -0.39 is 10.2 Å². The Morgan fingerprint density at radius 3 is 2.49 bits per heavy atom. The highest BCUT2D eigenvalue weighted by atomic mass is 32.2. The molecule has 0 atom stereocenters. The fraction of sp³-hybridized carbons (Fsp3) is 0.407. The molecule has 204 valence electrons. The number of pyridine rings is 1. The molecule has 11 nitrogen and oxygen atoms in total. The number of amides is 1. The Balaban J connectivity index is 1.13. The summed E-state index contributed by atoms with van der Waals surface area (Å²) in [6, 6.07) is 11.7. The molecule has 1 amide bonds. The molecule has 2 aliphatic heterocycles. The summed E-state index contributed by atoms with van der Waals surface area (Å²) in [5, 5.41) is 7.65. The monoisotopic (exact) mass is 548 g/mol. The Labute approximate surface area is 227 Å². The molecule has 0 spiro atoms. The van der Waals surface area contributed by atoms with Crippen LogP contribution in [0.3, 0.4) is 0 Å². The molecule has 0 saturated carbocycles. The third-order valence-electron chi connectivity index (χ3n) is 7.40. The van der Waals surface area contributed by atoms with Crippen molar-refractivity contribution in [2.24, 2.45) is 0 Å². The van der Waals surface area contributed by atoms with Gasteiger partial charge in [0, 0.05) is 37.9 Å². The zero-order valence-electron chi connectivity index (χ0n) is 22.2. The van der Waals surface area contributed by atoms with Gasteiger partial charge in [0.25, 0.3) is 16.1 Å². The SMILES string of the molecule is CCc1nc2ccc(C)cn2c1C(=O)NCc1ccc(-c2nc3n(n2)CCN(S(=O)(=O)N2CCCC2)C3)cc1. The first-order chi connectivity index (χ1) is 18.8. The zero-order chi connectivity index (χ0) is 27.1. The van der Waals surface area contributed by atoms with Crippen LogP contribution in [0.25, 0.3) is 17.0 Å². The van der Waals surface area contributed by atoms with Crippen LogP contribution in [0.4, 0.5) is 0 Å². The van der Waals surface area contributed by atoms with Crippen molar-refractivity contribution in [3.63, 3.8) is 0 Å². The summed E-state index contributed by atoms with van der Waals surface area (Å²) < 4.78 is 32.7. The van der Waals surface area contributed by atoms with Crippen LogP contribution in [-0.2, 0) is 36.3 Å². The van der Waals surface area contributed by atoms with E-state index in [9.17, 15) is 13.2 Å². The number of hydrogen-bond donors (Lipinski definition) is 1. The molecule has 1 N–H and O–H groups in total. The van der Waals surface area contributed by atoms with E-state index in [1.165, 1.54) is 4.31 Å². The van der Waals surface area contributed by atoms with E-state index in [0.29, 0.717) is 56.5 Å². The maximum atomic E-state index is 13.1. The zero-order valence-corrected chi connectivity index (χ0v) is 23.0. The normalized spacial score (nSPS) is 16.6. The first-order valence-electron chi connectivity index (χ1n) is 13.4. The number of hydrogen-bond acceptors (Lipinski definition) is 6. The summed E-state index contributed by atoms with van der Waals surface area (Å²) >= 11 is 0. The highest BCUT2D eigenvalue weighted by Crippen LogP contribution is 2.24. The van der Waals surface area contributed by atoms with E-state index >= 15 is 0 Å². The summed E-state index contributed by atoms with van der Waals surface area (Å²) in [5.74, 6) is 1.05. The third-order valence-corrected chi connectivity index (χ3v) is 9.38. The Kier molecular flexibility index (Phi) is 6.69. The molecule has 12 heteroatoms. The highest BCUT2D eigenvalue weighted by Gasteiger charge is 2.35. The smallest absolute Gasteiger partial charge is 0.282 e. The van der Waals surface area contributed by atoms with E-state index in [1.807, 2.05) is 60.8 Å². The molecular formula is C27H32N8O3S. The Morgan fingerprint density at radius 1 is 0.974 bits per heavy atom. The molecule has 0 unspecified atom stereocenters. The minimum atomic E-state index is -3.47. The lowest BCUT2D eigenvalue weighted by molar-refractivity contribution is 0.0944. The van der Waals surface area contributed by atoms with Gasteiger partial charge in [-0.3, -0.25) is 9.20 Å². The van der Waals surface area contributed by atoms with E-state index in [0.717, 1.165) is 40.9 Å². The molecule has 1 fully saturated rings. The molecule has 1 aromatic carbocycles. The Bertz CT molecular complexity index is 1640. The van der Waals surface area contributed by atoms with Crippen molar-refractivity contribution in [2.75, 3.05) is 19.6 Å². The average molecular weight is 549 g/mol. The van der Waals surface area contributed by atoms with Gasteiger partial charge in [-0.15, -0.1) is 0 Å². The predicted octanol–water partition coefficient (Wildman–Crippen LogP) is 2.55. The van der Waals surface area contributed by atoms with E-state index in [-0.39, 0.29) is 12.5 Å². The molecule has 39 heavy (non-hydrogen) atoms. The standard InChI is InChI=1S/C27H32N8O3S/c1-3-22-25(34-17-19(2)6-11-23(34)29-22)27(36)28-16-20-7-9-21(10-8-20)26-30-24-18-33(14-15-35(24)31-26)39(37,38)32-12-4-5-13-32/h6-11,17H,3-5,12-16,18H2,1-2H3,(H,28,36). The molecule has 0 aliphatic carbocycles. The van der Waals surface area contributed by atoms with E-state index in [4.69, 9.17) is 0 Å². The number of fused-ring (bicyclic) bond motifs is 2. The van der Waals surface area contributed by atoms with Gasteiger partial charge in [-0.2, -0.15) is 22.1 Å². The number of carbonyl (C=O) groups is 1. The van der Waals surface area contributed by atoms with Gasteiger partial charge in [-0.25, -0.2) is 14.6 Å². The van der Waals surface area contributed by atoms with Crippen LogP contribution < -0.4 is 5.32 Å². The van der Waals surface area contributed by atoms with Gasteiger partial charge < -0.3 is 5.32 Å². The van der Waals surface area contributed by atoms with Crippen LogP contribution in [0.5, 0.6) is 0 Å². The second-order valence-corrected chi connectivity index (χ2v) is 12.0. The van der Waals surface area contributed by atoms with Gasteiger partial charge in [0.2, 0.25) is 0 Å². The molecular weight excluding hydrogens is 516 g/mol. The topological polar surface area (TPSA) is 118 Å². The maximum absolute atomic E-state index is 13.1. The van der Waals surface area contributed by atoms with E-state index in [2.05, 4.69) is 20.4 Å². The van der Waals surface area contributed by atoms with Crippen molar-refractivity contribution in [3.05, 3.63) is 70.9 Å². The van der Waals surface area contributed by atoms with Gasteiger partial charge >= 0.3 is 0 Å². The van der Waals surface area contributed by atoms with Gasteiger partial charge in [-0.1, -0.05) is 37.3 Å². The molecule has 5 heterocycles. The lowest BCUT2D eigenvalue weighted by Gasteiger charge is -2.29. The van der Waals surface area contributed by atoms with Gasteiger partial charge in [0.15, 0.2) is 5.82 Å². The van der Waals surface area contributed by atoms with Crippen LogP contribution in [0.1, 0.15) is 52.9 Å². The van der Waals surface area contributed by atoms with Gasteiger partial charge in [0.1, 0.15) is 17.2 Å². The molecule has 0 bridgehead atoms. The molecule has 2 aliphatic rings. The number of aryl methyl sites for hydroxylation is 2. The van der Waals surface area contributed by atoms with Crippen LogP contribution in [0.2, 0.25) is 0 Å². The second kappa shape index (κ2) is 10.2. The number of benzene rings is 1. The third kappa shape index (κ3) is 4.83. The lowest BCUT2D eigenvalue weighted by atomic mass is 10.1. The Hall–Kier alpha value is -3.61. The second-order valence-electron chi connectivity index (χ2n) is 10.1. The highest BCUT2D eigenvalue weighted by molar-refractivity contribution is 7.86. The quantitative estimate of drug-likeness (QED) is 0.379. The molecule has 6 rings (SSSR count). The van der Waals surface area contributed by atoms with Crippen molar-refractivity contribution >= 4 is 21.8 Å². The fourth-order valence-corrected chi connectivity index (χ4v) is 6.88. The van der Waals surface area contributed by atoms with Crippen molar-refractivity contribution in [2.45, 2.75) is 52.7 Å². The van der Waals surface area contributed by atoms with Gasteiger partial charge in [0.05, 0.1) is 18.8 Å². The molecule has 0 radical (unpaired) electrons. The molecule has 4 aromatic rings.